The summed E-state index contributed by atoms with van der Waals surface area (Å²) in [5.41, 5.74) is 0.721. The van der Waals surface area contributed by atoms with Crippen molar-refractivity contribution in [2.24, 2.45) is 0 Å². The summed E-state index contributed by atoms with van der Waals surface area (Å²) in [6.07, 6.45) is 1.70. The van der Waals surface area contributed by atoms with Crippen molar-refractivity contribution in [3.8, 4) is 0 Å². The fourth-order valence-corrected chi connectivity index (χ4v) is 3.40. The molecular formula is C20H28FN5O. The van der Waals surface area contributed by atoms with E-state index in [4.69, 9.17) is 0 Å². The Morgan fingerprint density at radius 2 is 1.85 bits per heavy atom. The first-order valence-electron chi connectivity index (χ1n) is 9.50. The third kappa shape index (κ3) is 4.73. The van der Waals surface area contributed by atoms with Crippen molar-refractivity contribution >= 4 is 11.7 Å². The number of aromatic nitrogens is 2. The number of nitrogens with zero attached hydrogens (tertiary/aromatic N) is 4. The Morgan fingerprint density at radius 1 is 1.15 bits per heavy atom. The number of amides is 1. The molecule has 3 rings (SSSR count). The van der Waals surface area contributed by atoms with Crippen LogP contribution < -0.4 is 5.32 Å². The van der Waals surface area contributed by atoms with Crippen LogP contribution in [0.5, 0.6) is 0 Å². The summed E-state index contributed by atoms with van der Waals surface area (Å²) in [6, 6.07) is 8.68. The van der Waals surface area contributed by atoms with E-state index in [0.717, 1.165) is 37.6 Å². The van der Waals surface area contributed by atoms with Gasteiger partial charge in [-0.25, -0.2) is 9.07 Å². The Balaban J connectivity index is 1.52. The van der Waals surface area contributed by atoms with Crippen molar-refractivity contribution in [1.29, 1.82) is 0 Å². The molecule has 1 aliphatic heterocycles. The van der Waals surface area contributed by atoms with E-state index in [2.05, 4.69) is 20.2 Å². The van der Waals surface area contributed by atoms with Crippen molar-refractivity contribution in [3.63, 3.8) is 0 Å². The van der Waals surface area contributed by atoms with Crippen LogP contribution in [0.4, 0.5) is 10.2 Å². The average molecular weight is 373 g/mol. The van der Waals surface area contributed by atoms with E-state index in [1.165, 1.54) is 6.07 Å². The quantitative estimate of drug-likeness (QED) is 0.846. The van der Waals surface area contributed by atoms with Gasteiger partial charge < -0.3 is 5.32 Å². The Hall–Kier alpha value is -2.25. The number of hydrogen-bond donors (Lipinski definition) is 1. The normalized spacial score (nSPS) is 17.2. The monoisotopic (exact) mass is 373 g/mol. The molecule has 0 unspecified atom stereocenters. The maximum absolute atomic E-state index is 13.8. The van der Waals surface area contributed by atoms with E-state index in [1.54, 1.807) is 16.9 Å². The van der Waals surface area contributed by atoms with Gasteiger partial charge in [0.25, 0.3) is 0 Å². The zero-order chi connectivity index (χ0) is 19.4. The summed E-state index contributed by atoms with van der Waals surface area (Å²) in [7, 11) is 0. The number of anilines is 1. The number of carbonyl (C=O) groups is 1. The van der Waals surface area contributed by atoms with Crippen molar-refractivity contribution < 1.29 is 9.18 Å². The van der Waals surface area contributed by atoms with Crippen molar-refractivity contribution in [3.05, 3.63) is 47.9 Å². The number of benzene rings is 1. The Kier molecular flexibility index (Phi) is 6.23. The Morgan fingerprint density at radius 3 is 2.52 bits per heavy atom. The lowest BCUT2D eigenvalue weighted by molar-refractivity contribution is -0.121. The smallest absolute Gasteiger partial charge is 0.242 e. The minimum absolute atomic E-state index is 0.0278. The molecule has 27 heavy (non-hydrogen) atoms. The molecule has 6 nitrogen and oxygen atoms in total. The molecule has 0 aliphatic carbocycles. The fraction of sp³-hybridized carbons (Fsp3) is 0.500. The number of piperazine rings is 1. The minimum Gasteiger partial charge on any atom is -0.310 e. The Bertz CT molecular complexity index is 767. The maximum Gasteiger partial charge on any atom is 0.242 e. The lowest BCUT2D eigenvalue weighted by atomic mass is 10.1. The second-order valence-electron chi connectivity index (χ2n) is 7.32. The summed E-state index contributed by atoms with van der Waals surface area (Å²) in [6.45, 7) is 9.79. The van der Waals surface area contributed by atoms with E-state index in [-0.39, 0.29) is 23.8 Å². The molecule has 1 saturated heterocycles. The molecule has 0 bridgehead atoms. The molecule has 1 N–H and O–H groups in total. The molecule has 1 amide bonds. The highest BCUT2D eigenvalue weighted by atomic mass is 19.1. The highest BCUT2D eigenvalue weighted by molar-refractivity contribution is 5.93. The van der Waals surface area contributed by atoms with Crippen molar-refractivity contribution in [2.45, 2.75) is 39.4 Å². The molecule has 2 heterocycles. The number of halogens is 1. The van der Waals surface area contributed by atoms with Crippen LogP contribution in [0.1, 0.15) is 32.4 Å². The zero-order valence-corrected chi connectivity index (χ0v) is 16.2. The molecule has 1 aliphatic rings. The summed E-state index contributed by atoms with van der Waals surface area (Å²) < 4.78 is 15.6. The van der Waals surface area contributed by atoms with Gasteiger partial charge in [0.05, 0.1) is 12.2 Å². The summed E-state index contributed by atoms with van der Waals surface area (Å²) in [5.74, 6) is 0.537. The lowest BCUT2D eigenvalue weighted by Crippen LogP contribution is -2.52. The highest BCUT2D eigenvalue weighted by Gasteiger charge is 2.26. The number of rotatable bonds is 6. The first-order chi connectivity index (χ1) is 13.0. The van der Waals surface area contributed by atoms with Gasteiger partial charge in [-0.3, -0.25) is 14.6 Å². The first-order valence-corrected chi connectivity index (χ1v) is 9.50. The molecule has 0 radical (unpaired) electrons. The molecule has 7 heteroatoms. The van der Waals surface area contributed by atoms with Crippen molar-refractivity contribution in [1.82, 2.24) is 19.6 Å². The lowest BCUT2D eigenvalue weighted by Gasteiger charge is -2.37. The van der Waals surface area contributed by atoms with Gasteiger partial charge in [-0.2, -0.15) is 5.10 Å². The standard InChI is InChI=1S/C20H28FN5O/c1-15(2)26-19(8-9-22-26)23-20(27)16(3)25-12-10-24(11-13-25)14-17-6-4-5-7-18(17)21/h4-9,15-16H,10-14H2,1-3H3,(H,23,27)/t16-/m1/s1. The molecule has 1 aromatic heterocycles. The van der Waals surface area contributed by atoms with Gasteiger partial charge in [-0.1, -0.05) is 18.2 Å². The van der Waals surface area contributed by atoms with Gasteiger partial charge in [0.15, 0.2) is 0 Å². The van der Waals surface area contributed by atoms with Gasteiger partial charge in [0.2, 0.25) is 5.91 Å². The van der Waals surface area contributed by atoms with Gasteiger partial charge in [-0.15, -0.1) is 0 Å². The second-order valence-corrected chi connectivity index (χ2v) is 7.32. The third-order valence-electron chi connectivity index (χ3n) is 5.10. The van der Waals surface area contributed by atoms with E-state index >= 15 is 0 Å². The third-order valence-corrected chi connectivity index (χ3v) is 5.10. The predicted molar refractivity (Wildman–Crippen MR) is 104 cm³/mol. The molecule has 1 fully saturated rings. The van der Waals surface area contributed by atoms with Gasteiger partial charge in [0, 0.05) is 50.4 Å². The van der Waals surface area contributed by atoms with Crippen LogP contribution in [0.2, 0.25) is 0 Å². The second kappa shape index (κ2) is 8.63. The molecular weight excluding hydrogens is 345 g/mol. The number of hydrogen-bond acceptors (Lipinski definition) is 4. The van der Waals surface area contributed by atoms with E-state index < -0.39 is 0 Å². The SMILES string of the molecule is CC(C)n1nccc1NC(=O)[C@@H](C)N1CCN(Cc2ccccc2F)CC1. The van der Waals surface area contributed by atoms with Crippen LogP contribution in [-0.4, -0.2) is 57.7 Å². The fourth-order valence-electron chi connectivity index (χ4n) is 3.40. The minimum atomic E-state index is -0.226. The molecule has 2 aromatic rings. The largest absolute Gasteiger partial charge is 0.310 e. The van der Waals surface area contributed by atoms with Crippen molar-refractivity contribution in [2.75, 3.05) is 31.5 Å². The molecule has 1 aromatic carbocycles. The van der Waals surface area contributed by atoms with Crippen LogP contribution in [0.25, 0.3) is 0 Å². The predicted octanol–water partition coefficient (Wildman–Crippen LogP) is 2.75. The first kappa shape index (κ1) is 19.5. The highest BCUT2D eigenvalue weighted by Crippen LogP contribution is 2.16. The van der Waals surface area contributed by atoms with E-state index in [1.807, 2.05) is 39.0 Å². The van der Waals surface area contributed by atoms with Crippen LogP contribution >= 0.6 is 0 Å². The summed E-state index contributed by atoms with van der Waals surface area (Å²) >= 11 is 0. The zero-order valence-electron chi connectivity index (χ0n) is 16.2. The van der Waals surface area contributed by atoms with Crippen LogP contribution in [0.15, 0.2) is 36.5 Å². The van der Waals surface area contributed by atoms with E-state index in [0.29, 0.717) is 6.54 Å². The van der Waals surface area contributed by atoms with Crippen LogP contribution in [0.3, 0.4) is 0 Å². The average Bonchev–Trinajstić information content (AvgIpc) is 3.12. The summed E-state index contributed by atoms with van der Waals surface area (Å²) in [5, 5.41) is 7.23. The number of nitrogens with one attached hydrogen (secondary N) is 1. The molecule has 0 saturated carbocycles. The maximum atomic E-state index is 13.8. The summed E-state index contributed by atoms with van der Waals surface area (Å²) in [4.78, 5) is 17.0. The molecule has 1 atom stereocenters. The topological polar surface area (TPSA) is 53.4 Å². The van der Waals surface area contributed by atoms with Gasteiger partial charge in [-0.05, 0) is 26.8 Å². The van der Waals surface area contributed by atoms with Gasteiger partial charge >= 0.3 is 0 Å². The molecule has 146 valence electrons. The van der Waals surface area contributed by atoms with Crippen LogP contribution in [-0.2, 0) is 11.3 Å². The van der Waals surface area contributed by atoms with Gasteiger partial charge in [0.1, 0.15) is 11.6 Å². The number of carbonyl (C=O) groups excluding carboxylic acids is 1. The van der Waals surface area contributed by atoms with E-state index in [9.17, 15) is 9.18 Å². The Labute approximate surface area is 160 Å². The molecule has 0 spiro atoms. The van der Waals surface area contributed by atoms with Crippen LogP contribution in [0, 0.1) is 5.82 Å².